The van der Waals surface area contributed by atoms with E-state index in [1.54, 1.807) is 25.4 Å². The van der Waals surface area contributed by atoms with Crippen molar-refractivity contribution in [1.29, 1.82) is 0 Å². The number of alkyl halides is 3. The fraction of sp³-hybridized carbons (Fsp3) is 0.364. The number of carbonyl (C=O) groups excluding carboxylic acids is 1. The number of carbonyl (C=O) groups is 1. The number of ether oxygens (including phenoxy) is 1. The zero-order valence-electron chi connectivity index (χ0n) is 17.8. The van der Waals surface area contributed by atoms with Crippen molar-refractivity contribution in [2.75, 3.05) is 19.0 Å². The first-order chi connectivity index (χ1) is 14.6. The molecule has 0 spiro atoms. The third kappa shape index (κ3) is 6.45. The molecule has 168 valence electrons. The van der Waals surface area contributed by atoms with E-state index in [0.29, 0.717) is 23.4 Å². The minimum absolute atomic E-state index is 0.256. The first kappa shape index (κ1) is 24.2. The van der Waals surface area contributed by atoms with Crippen LogP contribution in [-0.2, 0) is 9.53 Å². The van der Waals surface area contributed by atoms with Crippen molar-refractivity contribution < 1.29 is 27.8 Å². The van der Waals surface area contributed by atoms with Crippen molar-refractivity contribution in [3.05, 3.63) is 53.3 Å². The molecule has 1 atom stereocenters. The molecule has 9 heteroatoms. The van der Waals surface area contributed by atoms with Gasteiger partial charge in [0.2, 0.25) is 0 Å². The summed E-state index contributed by atoms with van der Waals surface area (Å²) < 4.78 is 43.1. The monoisotopic (exact) mass is 437 g/mol. The molecule has 0 saturated heterocycles. The average Bonchev–Trinajstić information content (AvgIpc) is 3.13. The highest BCUT2D eigenvalue weighted by atomic mass is 19.4. The van der Waals surface area contributed by atoms with E-state index in [2.05, 4.69) is 15.0 Å². The first-order valence-electron chi connectivity index (χ1n) is 9.61. The van der Waals surface area contributed by atoms with E-state index >= 15 is 0 Å². The fourth-order valence-electron chi connectivity index (χ4n) is 2.92. The normalized spacial score (nSPS) is 12.1. The molecule has 31 heavy (non-hydrogen) atoms. The van der Waals surface area contributed by atoms with Crippen LogP contribution in [0.2, 0.25) is 0 Å². The van der Waals surface area contributed by atoms with Crippen LogP contribution in [0.3, 0.4) is 0 Å². The van der Waals surface area contributed by atoms with Crippen molar-refractivity contribution in [2.45, 2.75) is 39.5 Å². The van der Waals surface area contributed by atoms with Gasteiger partial charge in [-0.3, -0.25) is 9.20 Å². The number of rotatable bonds is 6. The summed E-state index contributed by atoms with van der Waals surface area (Å²) in [5.74, 6) is 0. The molecule has 0 radical (unpaired) electrons. The van der Waals surface area contributed by atoms with Gasteiger partial charge in [0, 0.05) is 18.3 Å². The van der Waals surface area contributed by atoms with Crippen molar-refractivity contribution in [2.24, 2.45) is 0 Å². The van der Waals surface area contributed by atoms with E-state index in [-0.39, 0.29) is 6.54 Å². The van der Waals surface area contributed by atoms with Crippen LogP contribution in [0.15, 0.2) is 36.7 Å². The summed E-state index contributed by atoms with van der Waals surface area (Å²) >= 11 is 0. The molecule has 1 aromatic carbocycles. The van der Waals surface area contributed by atoms with Crippen LogP contribution in [-0.4, -0.2) is 40.8 Å². The third-order valence-corrected chi connectivity index (χ3v) is 4.73. The highest BCUT2D eigenvalue weighted by molar-refractivity contribution is 5.74. The molecule has 0 saturated carbocycles. The molecule has 0 amide bonds. The Morgan fingerprint density at radius 1 is 1.26 bits per heavy atom. The Kier molecular flexibility index (Phi) is 8.04. The summed E-state index contributed by atoms with van der Waals surface area (Å²) in [5.41, 5.74) is 5.66. The lowest BCUT2D eigenvalue weighted by Crippen LogP contribution is -2.15. The van der Waals surface area contributed by atoms with Crippen molar-refractivity contribution in [3.8, 4) is 11.3 Å². The smallest absolute Gasteiger partial charge is 0.390 e. The van der Waals surface area contributed by atoms with E-state index in [1.165, 1.54) is 12.7 Å². The number of methoxy groups -OCH3 is 1. The van der Waals surface area contributed by atoms with Gasteiger partial charge in [0.1, 0.15) is 0 Å². The van der Waals surface area contributed by atoms with Crippen LogP contribution in [0, 0.1) is 13.8 Å². The lowest BCUT2D eigenvalue weighted by molar-refractivity contribution is -0.131. The Labute approximate surface area is 178 Å². The first-order valence-corrected chi connectivity index (χ1v) is 9.61. The number of fused-ring (bicyclic) bond motifs is 1. The van der Waals surface area contributed by atoms with Crippen LogP contribution in [0.5, 0.6) is 0 Å². The van der Waals surface area contributed by atoms with Gasteiger partial charge in [-0.25, -0.2) is 4.98 Å². The number of nitrogens with zero attached hydrogens (tertiary/aromatic N) is 2. The van der Waals surface area contributed by atoms with E-state index in [4.69, 9.17) is 4.79 Å². The second-order valence-electron chi connectivity index (χ2n) is 7.12. The number of nitrogens with one attached hydrogen (secondary N) is 1. The number of imidazole rings is 1. The molecular weight excluding hydrogens is 411 g/mol. The number of benzene rings is 1. The van der Waals surface area contributed by atoms with Gasteiger partial charge in [0.15, 0.2) is 5.65 Å². The molecule has 2 aromatic heterocycles. The standard InChI is InChI=1S/C20H22F3N3O.C2H4O2/c1-12-4-5-15(8-13(12)2)18-10-25-19-17(24-7-6-20(21,22)23)9-16(14(3)27)11-26(18)19;1-4-2-3/h4-5,8-11,14,24,27H,6-7H2,1-3H3;2H,1H3. The zero-order valence-corrected chi connectivity index (χ0v) is 17.8. The highest BCUT2D eigenvalue weighted by Gasteiger charge is 2.26. The van der Waals surface area contributed by atoms with Crippen LogP contribution >= 0.6 is 0 Å². The molecule has 0 aliphatic carbocycles. The molecule has 6 nitrogen and oxygen atoms in total. The zero-order chi connectivity index (χ0) is 23.2. The minimum Gasteiger partial charge on any atom is -0.471 e. The minimum atomic E-state index is -4.23. The van der Waals surface area contributed by atoms with Crippen molar-refractivity contribution in [3.63, 3.8) is 0 Å². The molecule has 3 aromatic rings. The lowest BCUT2D eigenvalue weighted by Gasteiger charge is -2.14. The quantitative estimate of drug-likeness (QED) is 0.541. The molecule has 3 rings (SSSR count). The predicted molar refractivity (Wildman–Crippen MR) is 113 cm³/mol. The summed E-state index contributed by atoms with van der Waals surface area (Å²) in [4.78, 5) is 13.4. The van der Waals surface area contributed by atoms with Gasteiger partial charge >= 0.3 is 6.18 Å². The summed E-state index contributed by atoms with van der Waals surface area (Å²) in [7, 11) is 1.31. The second kappa shape index (κ2) is 10.3. The Balaban J connectivity index is 0.000000785. The molecule has 2 heterocycles. The fourth-order valence-corrected chi connectivity index (χ4v) is 2.92. The van der Waals surface area contributed by atoms with Gasteiger partial charge in [0.05, 0.1) is 37.2 Å². The van der Waals surface area contributed by atoms with Gasteiger partial charge in [-0.15, -0.1) is 0 Å². The summed E-state index contributed by atoms with van der Waals surface area (Å²) in [6.07, 6.45) is -2.46. The summed E-state index contributed by atoms with van der Waals surface area (Å²) in [6.45, 7) is 5.79. The van der Waals surface area contributed by atoms with E-state index in [1.807, 2.05) is 36.4 Å². The van der Waals surface area contributed by atoms with Crippen molar-refractivity contribution in [1.82, 2.24) is 9.38 Å². The topological polar surface area (TPSA) is 75.9 Å². The van der Waals surface area contributed by atoms with Crippen molar-refractivity contribution >= 4 is 17.8 Å². The van der Waals surface area contributed by atoms with Gasteiger partial charge < -0.3 is 15.2 Å². The van der Waals surface area contributed by atoms with Gasteiger partial charge in [-0.1, -0.05) is 12.1 Å². The van der Waals surface area contributed by atoms with Gasteiger partial charge in [0.25, 0.3) is 6.47 Å². The number of aliphatic hydroxyl groups is 1. The molecule has 0 fully saturated rings. The number of aliphatic hydroxyl groups excluding tert-OH is 1. The van der Waals surface area contributed by atoms with E-state index < -0.39 is 18.7 Å². The summed E-state index contributed by atoms with van der Waals surface area (Å²) in [5, 5.41) is 12.8. The van der Waals surface area contributed by atoms with Gasteiger partial charge in [-0.05, 0) is 49.6 Å². The lowest BCUT2D eigenvalue weighted by atomic mass is 10.0. The number of aromatic nitrogens is 2. The molecule has 2 N–H and O–H groups in total. The Hall–Kier alpha value is -3.07. The number of hydrogen-bond acceptors (Lipinski definition) is 5. The van der Waals surface area contributed by atoms with Crippen LogP contribution in [0.25, 0.3) is 16.9 Å². The second-order valence-corrected chi connectivity index (χ2v) is 7.12. The van der Waals surface area contributed by atoms with Crippen LogP contribution < -0.4 is 5.32 Å². The van der Waals surface area contributed by atoms with Gasteiger partial charge in [-0.2, -0.15) is 13.2 Å². The van der Waals surface area contributed by atoms with E-state index in [0.717, 1.165) is 16.8 Å². The number of halogens is 3. The maximum absolute atomic E-state index is 12.5. The molecule has 0 aliphatic rings. The molecule has 0 bridgehead atoms. The number of hydrogen-bond donors (Lipinski definition) is 2. The summed E-state index contributed by atoms with van der Waals surface area (Å²) in [6, 6.07) is 7.70. The Morgan fingerprint density at radius 2 is 1.94 bits per heavy atom. The van der Waals surface area contributed by atoms with Crippen LogP contribution in [0.1, 0.15) is 36.1 Å². The third-order valence-electron chi connectivity index (χ3n) is 4.73. The average molecular weight is 437 g/mol. The number of anilines is 1. The maximum Gasteiger partial charge on any atom is 0.390 e. The SMILES string of the molecule is COC=O.Cc1ccc(-c2cnc3c(NCCC(F)(F)F)cc(C(C)O)cn23)cc1C. The molecule has 0 aliphatic heterocycles. The van der Waals surface area contributed by atoms with E-state index in [9.17, 15) is 18.3 Å². The Morgan fingerprint density at radius 3 is 2.48 bits per heavy atom. The number of aryl methyl sites for hydroxylation is 2. The highest BCUT2D eigenvalue weighted by Crippen LogP contribution is 2.29. The van der Waals surface area contributed by atoms with Crippen LogP contribution in [0.4, 0.5) is 18.9 Å². The molecule has 1 unspecified atom stereocenters. The largest absolute Gasteiger partial charge is 0.471 e. The number of pyridine rings is 1. The maximum atomic E-state index is 12.5. The molecular formula is C22H26F3N3O3. The predicted octanol–water partition coefficient (Wildman–Crippen LogP) is 4.82. The Bertz CT molecular complexity index is 1030.